The van der Waals surface area contributed by atoms with E-state index in [-0.39, 0.29) is 38.1 Å². The number of aliphatic imine (C=N–C) groups is 1. The summed E-state index contributed by atoms with van der Waals surface area (Å²) >= 11 is 7.17. The molecule has 1 aromatic heterocycles. The van der Waals surface area contributed by atoms with Gasteiger partial charge in [-0.2, -0.15) is 13.2 Å². The highest BCUT2D eigenvalue weighted by molar-refractivity contribution is 7.12. The van der Waals surface area contributed by atoms with E-state index in [1.54, 1.807) is 29.6 Å². The van der Waals surface area contributed by atoms with Crippen LogP contribution in [-0.2, 0) is 0 Å². The highest BCUT2D eigenvalue weighted by atomic mass is 35.5. The van der Waals surface area contributed by atoms with Crippen molar-refractivity contribution in [1.82, 2.24) is 0 Å². The van der Waals surface area contributed by atoms with Crippen molar-refractivity contribution in [2.45, 2.75) is 6.18 Å². The predicted molar refractivity (Wildman–Crippen MR) is 123 cm³/mol. The summed E-state index contributed by atoms with van der Waals surface area (Å²) in [5.41, 5.74) is 10.0. The number of carbonyl (C=O) groups excluding carboxylic acids is 2. The number of carbonyl (C=O) groups is 2. The van der Waals surface area contributed by atoms with Crippen molar-refractivity contribution in [2.75, 3.05) is 5.32 Å². The fraction of sp³-hybridized carbons (Fsp3) is 0.0455. The number of thiophene rings is 1. The first-order valence-electron chi connectivity index (χ1n) is 9.23. The normalized spacial score (nSPS) is 12.5. The van der Waals surface area contributed by atoms with Gasteiger partial charge in [0.25, 0.3) is 11.8 Å². The quantitative estimate of drug-likeness (QED) is 0.407. The minimum Gasteiger partial charge on any atom is -0.395 e. The second-order valence-electron chi connectivity index (χ2n) is 6.61. The van der Waals surface area contributed by atoms with Crippen molar-refractivity contribution in [1.29, 1.82) is 0 Å². The van der Waals surface area contributed by atoms with Gasteiger partial charge in [-0.05, 0) is 41.8 Å². The summed E-state index contributed by atoms with van der Waals surface area (Å²) in [6.45, 7) is 0. The molecule has 0 saturated carbocycles. The number of primary amides is 1. The van der Waals surface area contributed by atoms with E-state index in [0.717, 1.165) is 11.3 Å². The maximum absolute atomic E-state index is 13.0. The standard InChI is InChI=1S/C22H16ClF3N4O2S/c23-14-3-1-2-4-15(14)29-17(11-18(27)22(24,25)26)12-5-7-13(8-6-12)21(32)30-16-9-10-33-19(16)20(28)31/h1-11H,27H2,(H2,28,31)(H,30,32)/b18-11-,29-17?. The van der Waals surface area contributed by atoms with Gasteiger partial charge in [0.1, 0.15) is 10.6 Å². The number of hydrogen-bond donors (Lipinski definition) is 3. The summed E-state index contributed by atoms with van der Waals surface area (Å²) in [7, 11) is 0. The Labute approximate surface area is 195 Å². The third-order valence-corrected chi connectivity index (χ3v) is 5.54. The van der Waals surface area contributed by atoms with Crippen LogP contribution in [0.15, 0.2) is 76.7 Å². The van der Waals surface area contributed by atoms with E-state index in [9.17, 15) is 22.8 Å². The zero-order valence-corrected chi connectivity index (χ0v) is 18.3. The van der Waals surface area contributed by atoms with Crippen LogP contribution in [0.5, 0.6) is 0 Å². The van der Waals surface area contributed by atoms with Crippen LogP contribution in [0.2, 0.25) is 5.02 Å². The molecular weight excluding hydrogens is 477 g/mol. The third-order valence-electron chi connectivity index (χ3n) is 4.29. The van der Waals surface area contributed by atoms with Gasteiger partial charge in [0, 0.05) is 11.1 Å². The number of halogens is 4. The third kappa shape index (κ3) is 5.99. The molecule has 33 heavy (non-hydrogen) atoms. The summed E-state index contributed by atoms with van der Waals surface area (Å²) in [6.07, 6.45) is -4.05. The molecule has 0 bridgehead atoms. The summed E-state index contributed by atoms with van der Waals surface area (Å²) in [5.74, 6) is -1.21. The average Bonchev–Trinajstić information content (AvgIpc) is 3.22. The number of alkyl halides is 3. The van der Waals surface area contributed by atoms with Gasteiger partial charge in [0.2, 0.25) is 0 Å². The molecule has 5 N–H and O–H groups in total. The number of nitrogens with zero attached hydrogens (tertiary/aromatic N) is 1. The number of benzene rings is 2. The molecule has 0 spiro atoms. The Kier molecular flexibility index (Phi) is 7.19. The lowest BCUT2D eigenvalue weighted by molar-refractivity contribution is -0.0925. The summed E-state index contributed by atoms with van der Waals surface area (Å²) in [6, 6.07) is 13.6. The summed E-state index contributed by atoms with van der Waals surface area (Å²) in [4.78, 5) is 28.4. The van der Waals surface area contributed by atoms with Crippen LogP contribution in [0.25, 0.3) is 0 Å². The number of para-hydroxylation sites is 1. The molecule has 0 radical (unpaired) electrons. The van der Waals surface area contributed by atoms with Gasteiger partial charge in [-0.3, -0.25) is 9.59 Å². The minimum absolute atomic E-state index is 0.0984. The highest BCUT2D eigenvalue weighted by Gasteiger charge is 2.31. The Hall–Kier alpha value is -3.63. The van der Waals surface area contributed by atoms with Gasteiger partial charge in [0.15, 0.2) is 0 Å². The number of allylic oxidation sites excluding steroid dienone is 2. The molecule has 0 atom stereocenters. The Balaban J connectivity index is 1.94. The first kappa shape index (κ1) is 24.0. The number of hydrogen-bond acceptors (Lipinski definition) is 5. The molecule has 0 unspecified atom stereocenters. The van der Waals surface area contributed by atoms with Crippen LogP contribution < -0.4 is 16.8 Å². The molecule has 2 amide bonds. The lowest BCUT2D eigenvalue weighted by Crippen LogP contribution is -2.21. The Morgan fingerprint density at radius 3 is 2.24 bits per heavy atom. The van der Waals surface area contributed by atoms with Crippen LogP contribution in [-0.4, -0.2) is 23.7 Å². The zero-order valence-electron chi connectivity index (χ0n) is 16.7. The van der Waals surface area contributed by atoms with Crippen LogP contribution in [0.1, 0.15) is 25.6 Å². The SMILES string of the molecule is NC(=O)c1sccc1NC(=O)c1ccc(C(/C=C(\N)C(F)(F)F)=Nc2ccccc2Cl)cc1. The van der Waals surface area contributed by atoms with Gasteiger partial charge in [0.05, 0.1) is 22.1 Å². The fourth-order valence-corrected chi connectivity index (χ4v) is 3.55. The molecular formula is C22H16ClF3N4O2S. The van der Waals surface area contributed by atoms with Crippen molar-refractivity contribution >= 4 is 51.8 Å². The Morgan fingerprint density at radius 2 is 1.64 bits per heavy atom. The highest BCUT2D eigenvalue weighted by Crippen LogP contribution is 2.27. The topological polar surface area (TPSA) is 111 Å². The van der Waals surface area contributed by atoms with Crippen LogP contribution in [0.4, 0.5) is 24.5 Å². The first-order valence-corrected chi connectivity index (χ1v) is 10.5. The van der Waals surface area contributed by atoms with Gasteiger partial charge in [-0.15, -0.1) is 11.3 Å². The molecule has 0 fully saturated rings. The molecule has 1 heterocycles. The molecule has 0 aliphatic heterocycles. The van der Waals surface area contributed by atoms with Gasteiger partial charge in [-0.25, -0.2) is 4.99 Å². The largest absolute Gasteiger partial charge is 0.430 e. The lowest BCUT2D eigenvalue weighted by Gasteiger charge is -2.10. The van der Waals surface area contributed by atoms with Crippen LogP contribution in [0.3, 0.4) is 0 Å². The smallest absolute Gasteiger partial charge is 0.395 e. The fourth-order valence-electron chi connectivity index (χ4n) is 2.67. The van der Waals surface area contributed by atoms with Crippen molar-refractivity contribution < 1.29 is 22.8 Å². The molecule has 2 aromatic carbocycles. The number of nitrogens with one attached hydrogen (secondary N) is 1. The number of rotatable bonds is 6. The summed E-state index contributed by atoms with van der Waals surface area (Å²) in [5, 5.41) is 4.43. The maximum Gasteiger partial charge on any atom is 0.430 e. The van der Waals surface area contributed by atoms with Crippen molar-refractivity contribution in [2.24, 2.45) is 16.5 Å². The number of anilines is 1. The summed E-state index contributed by atoms with van der Waals surface area (Å²) < 4.78 is 39.1. The van der Waals surface area contributed by atoms with Gasteiger partial charge in [-0.1, -0.05) is 35.9 Å². The Morgan fingerprint density at radius 1 is 1.00 bits per heavy atom. The average molecular weight is 493 g/mol. The van der Waals surface area contributed by atoms with E-state index in [1.807, 2.05) is 0 Å². The molecule has 0 saturated heterocycles. The van der Waals surface area contributed by atoms with Gasteiger partial charge < -0.3 is 16.8 Å². The van der Waals surface area contributed by atoms with Crippen LogP contribution >= 0.6 is 22.9 Å². The van der Waals surface area contributed by atoms with E-state index in [1.165, 1.54) is 30.3 Å². The van der Waals surface area contributed by atoms with E-state index >= 15 is 0 Å². The van der Waals surface area contributed by atoms with Crippen LogP contribution in [0, 0.1) is 0 Å². The molecule has 3 aromatic rings. The van der Waals surface area contributed by atoms with E-state index in [4.69, 9.17) is 23.1 Å². The lowest BCUT2D eigenvalue weighted by atomic mass is 10.1. The van der Waals surface area contributed by atoms with E-state index in [2.05, 4.69) is 10.3 Å². The van der Waals surface area contributed by atoms with Gasteiger partial charge >= 0.3 is 6.18 Å². The molecule has 3 rings (SSSR count). The van der Waals surface area contributed by atoms with Crippen molar-refractivity contribution in [3.05, 3.63) is 92.8 Å². The molecule has 11 heteroatoms. The van der Waals surface area contributed by atoms with E-state index in [0.29, 0.717) is 6.08 Å². The first-order chi connectivity index (χ1) is 15.6. The van der Waals surface area contributed by atoms with Crippen molar-refractivity contribution in [3.8, 4) is 0 Å². The molecule has 0 aliphatic carbocycles. The number of amides is 2. The second-order valence-corrected chi connectivity index (χ2v) is 7.93. The maximum atomic E-state index is 13.0. The molecule has 0 aliphatic rings. The predicted octanol–water partition coefficient (Wildman–Crippen LogP) is 5.28. The van der Waals surface area contributed by atoms with E-state index < -0.39 is 23.7 Å². The Bertz CT molecular complexity index is 1250. The zero-order chi connectivity index (χ0) is 24.2. The molecule has 6 nitrogen and oxygen atoms in total. The molecule has 170 valence electrons. The number of nitrogens with two attached hydrogens (primary N) is 2. The van der Waals surface area contributed by atoms with Crippen molar-refractivity contribution in [3.63, 3.8) is 0 Å². The second kappa shape index (κ2) is 9.88. The minimum atomic E-state index is -4.75. The monoisotopic (exact) mass is 492 g/mol.